The molecule has 2 aromatic heterocycles. The first-order valence-corrected chi connectivity index (χ1v) is 13.7. The Balaban J connectivity index is 1.71. The number of ether oxygens (including phenoxy) is 5. The highest BCUT2D eigenvalue weighted by Crippen LogP contribution is 2.68. The summed E-state index contributed by atoms with van der Waals surface area (Å²) in [5, 5.41) is 0. The maximum atomic E-state index is 13.5. The number of hydrogen-bond acceptors (Lipinski definition) is 11. The lowest BCUT2D eigenvalue weighted by Crippen LogP contribution is -2.76. The van der Waals surface area contributed by atoms with E-state index in [4.69, 9.17) is 28.1 Å². The third kappa shape index (κ3) is 4.50. The minimum atomic E-state index is -1.33. The average molecular weight is 570 g/mol. The van der Waals surface area contributed by atoms with Crippen molar-refractivity contribution in [3.8, 4) is 0 Å². The number of fused-ring (bicyclic) bond motifs is 1. The molecule has 2 aliphatic carbocycles. The second-order valence-electron chi connectivity index (χ2n) is 11.8. The fourth-order valence-corrected chi connectivity index (χ4v) is 7.48. The zero-order chi connectivity index (χ0) is 29.7. The van der Waals surface area contributed by atoms with E-state index in [-0.39, 0.29) is 17.4 Å². The molecule has 0 amide bonds. The molecule has 8 unspecified atom stereocenters. The molecule has 1 spiro atoms. The standard InChI is InChI=1S/C30H35NO10/c1-16-12-13-21(37-17(2)32)29(6)25(40-26(34)19-10-7-8-14-31-19)23(38-18(3)33)22-24(30(16,29)41-28(22,4)5)39-27(35)20-11-9-15-36-20/h7-11,14-16,21-25H,12-13H2,1-6H3. The highest BCUT2D eigenvalue weighted by molar-refractivity contribution is 5.87. The van der Waals surface area contributed by atoms with Crippen LogP contribution in [0.4, 0.5) is 0 Å². The normalized spacial score (nSPS) is 35.1. The van der Waals surface area contributed by atoms with E-state index < -0.39 is 70.8 Å². The van der Waals surface area contributed by atoms with E-state index in [9.17, 15) is 19.2 Å². The zero-order valence-corrected chi connectivity index (χ0v) is 23.9. The zero-order valence-electron chi connectivity index (χ0n) is 23.9. The number of esters is 4. The Kier molecular flexibility index (Phi) is 7.21. The van der Waals surface area contributed by atoms with Crippen LogP contribution in [0.2, 0.25) is 0 Å². The molecule has 11 nitrogen and oxygen atoms in total. The van der Waals surface area contributed by atoms with Crippen molar-refractivity contribution in [1.29, 1.82) is 0 Å². The molecule has 11 heteroatoms. The summed E-state index contributed by atoms with van der Waals surface area (Å²) in [7, 11) is 0. The second-order valence-corrected chi connectivity index (χ2v) is 11.8. The van der Waals surface area contributed by atoms with Crippen LogP contribution in [0, 0.1) is 17.3 Å². The molecule has 220 valence electrons. The smallest absolute Gasteiger partial charge is 0.374 e. The van der Waals surface area contributed by atoms with Gasteiger partial charge in [-0.05, 0) is 63.8 Å². The Bertz CT molecular complexity index is 1320. The van der Waals surface area contributed by atoms with Gasteiger partial charge in [-0.3, -0.25) is 9.59 Å². The maximum Gasteiger partial charge on any atom is 0.374 e. The first kappa shape index (κ1) is 28.8. The second kappa shape index (κ2) is 10.3. The van der Waals surface area contributed by atoms with Gasteiger partial charge >= 0.3 is 23.9 Å². The van der Waals surface area contributed by atoms with E-state index in [1.54, 1.807) is 25.1 Å². The molecule has 8 atom stereocenters. The molecule has 3 fully saturated rings. The van der Waals surface area contributed by atoms with E-state index in [0.717, 1.165) is 0 Å². The molecule has 3 aliphatic rings. The molecule has 2 saturated carbocycles. The topological polar surface area (TPSA) is 140 Å². The fourth-order valence-electron chi connectivity index (χ4n) is 7.48. The molecule has 2 aromatic rings. The van der Waals surface area contributed by atoms with Gasteiger partial charge in [-0.2, -0.15) is 0 Å². The van der Waals surface area contributed by atoms with Gasteiger partial charge in [0.25, 0.3) is 0 Å². The number of hydrogen-bond donors (Lipinski definition) is 0. The highest BCUT2D eigenvalue weighted by atomic mass is 16.6. The van der Waals surface area contributed by atoms with Gasteiger partial charge < -0.3 is 28.1 Å². The number of pyridine rings is 1. The van der Waals surface area contributed by atoms with Gasteiger partial charge in [-0.15, -0.1) is 0 Å². The molecule has 2 bridgehead atoms. The van der Waals surface area contributed by atoms with Crippen LogP contribution in [0.3, 0.4) is 0 Å². The summed E-state index contributed by atoms with van der Waals surface area (Å²) in [6.07, 6.45) is -0.302. The Hall–Kier alpha value is -3.73. The summed E-state index contributed by atoms with van der Waals surface area (Å²) in [6.45, 7) is 9.95. The third-order valence-electron chi connectivity index (χ3n) is 9.01. The number of aromatic nitrogens is 1. The minimum absolute atomic E-state index is 0.00644. The highest BCUT2D eigenvalue weighted by Gasteiger charge is 2.82. The lowest BCUT2D eigenvalue weighted by molar-refractivity contribution is -0.296. The molecule has 0 N–H and O–H groups in total. The van der Waals surface area contributed by atoms with Crippen molar-refractivity contribution in [2.24, 2.45) is 17.3 Å². The van der Waals surface area contributed by atoms with E-state index in [1.807, 2.05) is 20.8 Å². The summed E-state index contributed by atoms with van der Waals surface area (Å²) >= 11 is 0. The van der Waals surface area contributed by atoms with Gasteiger partial charge in [-0.25, -0.2) is 14.6 Å². The van der Waals surface area contributed by atoms with Crippen molar-refractivity contribution in [3.63, 3.8) is 0 Å². The van der Waals surface area contributed by atoms with E-state index in [0.29, 0.717) is 12.8 Å². The number of rotatable bonds is 6. The van der Waals surface area contributed by atoms with E-state index in [2.05, 4.69) is 4.98 Å². The van der Waals surface area contributed by atoms with Gasteiger partial charge in [0, 0.05) is 20.0 Å². The molecule has 1 aliphatic heterocycles. The number of furan rings is 1. The number of carbonyl (C=O) groups excluding carboxylic acids is 4. The maximum absolute atomic E-state index is 13.5. The lowest BCUT2D eigenvalue weighted by Gasteiger charge is -2.62. The van der Waals surface area contributed by atoms with Crippen molar-refractivity contribution < 1.29 is 47.3 Å². The first-order chi connectivity index (χ1) is 19.3. The van der Waals surface area contributed by atoms with Crippen LogP contribution in [-0.2, 0) is 33.3 Å². The lowest BCUT2D eigenvalue weighted by atomic mass is 9.48. The summed E-state index contributed by atoms with van der Waals surface area (Å²) in [5.41, 5.74) is -3.63. The van der Waals surface area contributed by atoms with Crippen molar-refractivity contribution >= 4 is 23.9 Å². The van der Waals surface area contributed by atoms with Crippen molar-refractivity contribution in [1.82, 2.24) is 4.98 Å². The number of carbonyl (C=O) groups is 4. The molecular formula is C30H35NO10. The van der Waals surface area contributed by atoms with Crippen LogP contribution in [-0.4, -0.2) is 64.5 Å². The minimum Gasteiger partial charge on any atom is -0.462 e. The molecular weight excluding hydrogens is 534 g/mol. The predicted molar refractivity (Wildman–Crippen MR) is 140 cm³/mol. The third-order valence-corrected chi connectivity index (χ3v) is 9.01. The molecule has 0 aromatic carbocycles. The average Bonchev–Trinajstić information content (AvgIpc) is 3.51. The molecule has 1 saturated heterocycles. The van der Waals surface area contributed by atoms with Crippen LogP contribution >= 0.6 is 0 Å². The predicted octanol–water partition coefficient (Wildman–Crippen LogP) is 3.90. The van der Waals surface area contributed by atoms with Gasteiger partial charge in [-0.1, -0.05) is 13.0 Å². The van der Waals surface area contributed by atoms with Gasteiger partial charge in [0.2, 0.25) is 5.76 Å². The molecule has 5 rings (SSSR count). The quantitative estimate of drug-likeness (QED) is 0.369. The van der Waals surface area contributed by atoms with Crippen LogP contribution in [0.15, 0.2) is 47.2 Å². The summed E-state index contributed by atoms with van der Waals surface area (Å²) < 4.78 is 36.5. The van der Waals surface area contributed by atoms with Crippen molar-refractivity contribution in [3.05, 3.63) is 54.2 Å². The Morgan fingerprint density at radius 2 is 1.59 bits per heavy atom. The number of nitrogens with zero attached hydrogens (tertiary/aromatic N) is 1. The largest absolute Gasteiger partial charge is 0.462 e. The van der Waals surface area contributed by atoms with Crippen molar-refractivity contribution in [2.75, 3.05) is 0 Å². The van der Waals surface area contributed by atoms with Crippen LogP contribution in [0.1, 0.15) is 75.4 Å². The first-order valence-electron chi connectivity index (χ1n) is 13.7. The Morgan fingerprint density at radius 1 is 0.878 bits per heavy atom. The summed E-state index contributed by atoms with van der Waals surface area (Å²) in [6, 6.07) is 7.90. The Labute approximate surface area is 237 Å². The Morgan fingerprint density at radius 3 is 2.20 bits per heavy atom. The van der Waals surface area contributed by atoms with E-state index >= 15 is 0 Å². The molecule has 3 heterocycles. The molecule has 41 heavy (non-hydrogen) atoms. The van der Waals surface area contributed by atoms with Crippen LogP contribution in [0.5, 0.6) is 0 Å². The van der Waals surface area contributed by atoms with Gasteiger partial charge in [0.15, 0.2) is 6.10 Å². The van der Waals surface area contributed by atoms with Crippen LogP contribution in [0.25, 0.3) is 0 Å². The summed E-state index contributed by atoms with van der Waals surface area (Å²) in [4.78, 5) is 56.0. The monoisotopic (exact) mass is 569 g/mol. The summed E-state index contributed by atoms with van der Waals surface area (Å²) in [5.74, 6) is -3.66. The van der Waals surface area contributed by atoms with Crippen LogP contribution < -0.4 is 0 Å². The fraction of sp³-hybridized carbons (Fsp3) is 0.567. The van der Waals surface area contributed by atoms with E-state index in [1.165, 1.54) is 38.4 Å². The SMILES string of the molecule is CC(=O)OC1C2C(OC(=O)c3ccco3)C3(OC2(C)C)C(C)CCC(OC(C)=O)C3(C)C1OC(=O)c1ccccn1. The molecule has 0 radical (unpaired) electrons. The van der Waals surface area contributed by atoms with Crippen molar-refractivity contribution in [2.45, 2.75) is 90.0 Å². The van der Waals surface area contributed by atoms with Gasteiger partial charge in [0.05, 0.1) is 23.2 Å². The van der Waals surface area contributed by atoms with Gasteiger partial charge in [0.1, 0.15) is 29.6 Å².